The molecule has 0 bridgehead atoms. The predicted octanol–water partition coefficient (Wildman–Crippen LogP) is 2.37. The Bertz CT molecular complexity index is 485. The van der Waals surface area contributed by atoms with Gasteiger partial charge in [0, 0.05) is 32.6 Å². The molecule has 4 nitrogen and oxygen atoms in total. The van der Waals surface area contributed by atoms with Crippen LogP contribution >= 0.6 is 15.9 Å². The lowest BCUT2D eigenvalue weighted by Gasteiger charge is -2.19. The average Bonchev–Trinajstić information content (AvgIpc) is 2.58. The number of carbonyl (C=O) groups excluding carboxylic acids is 1. The molecular weight excluding hydrogens is 334 g/mol. The van der Waals surface area contributed by atoms with E-state index in [0.29, 0.717) is 30.5 Å². The van der Waals surface area contributed by atoms with Crippen molar-refractivity contribution < 1.29 is 18.3 Å². The van der Waals surface area contributed by atoms with Crippen molar-refractivity contribution in [1.82, 2.24) is 10.2 Å². The number of amides is 1. The van der Waals surface area contributed by atoms with Crippen molar-refractivity contribution in [3.05, 3.63) is 28.2 Å². The standard InChI is InChI=1S/C13H15BrF2N2O2/c14-10-7-9(1-2-11(10)20-13(15)16)8-18-5-3-12(19)17-4-6-18/h1-2,7,13H,3-6,8H2,(H,17,19). The quantitative estimate of drug-likeness (QED) is 0.908. The highest BCUT2D eigenvalue weighted by Crippen LogP contribution is 2.27. The maximum absolute atomic E-state index is 12.2. The Hall–Kier alpha value is -1.21. The summed E-state index contributed by atoms with van der Waals surface area (Å²) in [5, 5.41) is 2.81. The first kappa shape index (κ1) is 15.2. The molecule has 1 aromatic rings. The third kappa shape index (κ3) is 4.42. The van der Waals surface area contributed by atoms with Gasteiger partial charge in [0.05, 0.1) is 4.47 Å². The fraction of sp³-hybridized carbons (Fsp3) is 0.462. The van der Waals surface area contributed by atoms with Crippen molar-refractivity contribution in [3.8, 4) is 5.75 Å². The van der Waals surface area contributed by atoms with Crippen LogP contribution in [0.1, 0.15) is 12.0 Å². The van der Waals surface area contributed by atoms with Gasteiger partial charge in [-0.1, -0.05) is 6.07 Å². The van der Waals surface area contributed by atoms with Gasteiger partial charge in [-0.05, 0) is 33.6 Å². The number of hydrogen-bond donors (Lipinski definition) is 1. The minimum Gasteiger partial charge on any atom is -0.434 e. The van der Waals surface area contributed by atoms with Crippen LogP contribution in [0.4, 0.5) is 8.78 Å². The number of benzene rings is 1. The van der Waals surface area contributed by atoms with Crippen molar-refractivity contribution in [2.24, 2.45) is 0 Å². The van der Waals surface area contributed by atoms with Crippen LogP contribution in [0.2, 0.25) is 0 Å². The molecule has 1 aliphatic heterocycles. The molecule has 1 heterocycles. The van der Waals surface area contributed by atoms with Crippen molar-refractivity contribution in [1.29, 1.82) is 0 Å². The summed E-state index contributed by atoms with van der Waals surface area (Å²) in [5.41, 5.74) is 0.979. The van der Waals surface area contributed by atoms with Gasteiger partial charge in [0.15, 0.2) is 0 Å². The molecule has 110 valence electrons. The predicted molar refractivity (Wildman–Crippen MR) is 73.7 cm³/mol. The molecule has 1 N–H and O–H groups in total. The van der Waals surface area contributed by atoms with Crippen molar-refractivity contribution in [2.75, 3.05) is 19.6 Å². The van der Waals surface area contributed by atoms with Gasteiger partial charge in [-0.25, -0.2) is 0 Å². The van der Waals surface area contributed by atoms with Crippen LogP contribution in [-0.4, -0.2) is 37.1 Å². The monoisotopic (exact) mass is 348 g/mol. The summed E-state index contributed by atoms with van der Waals surface area (Å²) in [7, 11) is 0. The van der Waals surface area contributed by atoms with Crippen molar-refractivity contribution in [3.63, 3.8) is 0 Å². The first-order chi connectivity index (χ1) is 9.54. The molecular formula is C13H15BrF2N2O2. The Morgan fingerprint density at radius 2 is 2.20 bits per heavy atom. The number of nitrogens with zero attached hydrogens (tertiary/aromatic N) is 1. The van der Waals surface area contributed by atoms with Crippen LogP contribution in [0.15, 0.2) is 22.7 Å². The highest BCUT2D eigenvalue weighted by atomic mass is 79.9. The van der Waals surface area contributed by atoms with Crippen LogP contribution in [0, 0.1) is 0 Å². The first-order valence-corrected chi connectivity index (χ1v) is 7.06. The van der Waals surface area contributed by atoms with Gasteiger partial charge in [0.25, 0.3) is 0 Å². The van der Waals surface area contributed by atoms with Gasteiger partial charge in [0.2, 0.25) is 5.91 Å². The minimum atomic E-state index is -2.83. The number of nitrogens with one attached hydrogen (secondary N) is 1. The van der Waals surface area contributed by atoms with Gasteiger partial charge >= 0.3 is 6.61 Å². The SMILES string of the molecule is O=C1CCN(Cc2ccc(OC(F)F)c(Br)c2)CCN1. The number of carbonyl (C=O) groups is 1. The fourth-order valence-corrected chi connectivity index (χ4v) is 2.58. The lowest BCUT2D eigenvalue weighted by Crippen LogP contribution is -2.28. The Balaban J connectivity index is 1.99. The molecule has 2 rings (SSSR count). The Morgan fingerprint density at radius 1 is 1.40 bits per heavy atom. The first-order valence-electron chi connectivity index (χ1n) is 6.27. The highest BCUT2D eigenvalue weighted by molar-refractivity contribution is 9.10. The lowest BCUT2D eigenvalue weighted by molar-refractivity contribution is -0.120. The summed E-state index contributed by atoms with van der Waals surface area (Å²) in [6.07, 6.45) is 0.480. The van der Waals surface area contributed by atoms with E-state index in [-0.39, 0.29) is 11.7 Å². The molecule has 0 aromatic heterocycles. The normalized spacial score (nSPS) is 16.9. The number of halogens is 3. The molecule has 0 radical (unpaired) electrons. The molecule has 1 amide bonds. The highest BCUT2D eigenvalue weighted by Gasteiger charge is 2.14. The van der Waals surface area contributed by atoms with E-state index in [4.69, 9.17) is 0 Å². The molecule has 7 heteroatoms. The van der Waals surface area contributed by atoms with Crippen LogP contribution in [0.3, 0.4) is 0 Å². The fourth-order valence-electron chi connectivity index (χ4n) is 2.06. The van der Waals surface area contributed by atoms with E-state index in [1.54, 1.807) is 12.1 Å². The number of alkyl halides is 2. The summed E-state index contributed by atoms with van der Waals surface area (Å²) in [6, 6.07) is 5.03. The second-order valence-corrected chi connectivity index (χ2v) is 5.37. The molecule has 1 fully saturated rings. The molecule has 1 aliphatic rings. The summed E-state index contributed by atoms with van der Waals surface area (Å²) in [6.45, 7) is -0.0632. The smallest absolute Gasteiger partial charge is 0.387 e. The maximum Gasteiger partial charge on any atom is 0.387 e. The van der Waals surface area contributed by atoms with E-state index in [1.165, 1.54) is 6.07 Å². The van der Waals surface area contributed by atoms with E-state index >= 15 is 0 Å². The molecule has 0 atom stereocenters. The Labute approximate surface area is 124 Å². The molecule has 0 unspecified atom stereocenters. The van der Waals surface area contributed by atoms with Gasteiger partial charge < -0.3 is 10.1 Å². The second kappa shape index (κ2) is 6.99. The zero-order valence-corrected chi connectivity index (χ0v) is 12.3. The van der Waals surface area contributed by atoms with Gasteiger partial charge in [-0.15, -0.1) is 0 Å². The van der Waals surface area contributed by atoms with Gasteiger partial charge in [0.1, 0.15) is 5.75 Å². The van der Waals surface area contributed by atoms with E-state index in [9.17, 15) is 13.6 Å². The van der Waals surface area contributed by atoms with E-state index in [2.05, 4.69) is 30.9 Å². The summed E-state index contributed by atoms with van der Waals surface area (Å²) in [4.78, 5) is 13.4. The topological polar surface area (TPSA) is 41.6 Å². The number of ether oxygens (including phenoxy) is 1. The third-order valence-corrected chi connectivity index (χ3v) is 3.64. The molecule has 0 spiro atoms. The summed E-state index contributed by atoms with van der Waals surface area (Å²) in [5.74, 6) is 0.186. The number of hydrogen-bond acceptors (Lipinski definition) is 3. The largest absolute Gasteiger partial charge is 0.434 e. The van der Waals surface area contributed by atoms with E-state index in [1.807, 2.05) is 0 Å². The summed E-state index contributed by atoms with van der Waals surface area (Å²) >= 11 is 3.22. The van der Waals surface area contributed by atoms with Crippen LogP contribution in [0.5, 0.6) is 5.75 Å². The van der Waals surface area contributed by atoms with Crippen molar-refractivity contribution in [2.45, 2.75) is 19.6 Å². The maximum atomic E-state index is 12.2. The lowest BCUT2D eigenvalue weighted by atomic mass is 10.2. The van der Waals surface area contributed by atoms with E-state index < -0.39 is 6.61 Å². The molecule has 0 saturated carbocycles. The second-order valence-electron chi connectivity index (χ2n) is 4.52. The number of rotatable bonds is 4. The van der Waals surface area contributed by atoms with Gasteiger partial charge in [-0.3, -0.25) is 9.69 Å². The summed E-state index contributed by atoms with van der Waals surface area (Å²) < 4.78 is 29.2. The molecule has 1 aromatic carbocycles. The van der Waals surface area contributed by atoms with Crippen LogP contribution in [0.25, 0.3) is 0 Å². The van der Waals surface area contributed by atoms with E-state index in [0.717, 1.165) is 12.1 Å². The van der Waals surface area contributed by atoms with Crippen molar-refractivity contribution >= 4 is 21.8 Å². The third-order valence-electron chi connectivity index (χ3n) is 3.02. The molecule has 1 saturated heterocycles. The zero-order valence-electron chi connectivity index (χ0n) is 10.7. The zero-order chi connectivity index (χ0) is 14.5. The molecule has 20 heavy (non-hydrogen) atoms. The van der Waals surface area contributed by atoms with Crippen LogP contribution in [-0.2, 0) is 11.3 Å². The van der Waals surface area contributed by atoms with Gasteiger partial charge in [-0.2, -0.15) is 8.78 Å². The Morgan fingerprint density at radius 3 is 2.90 bits per heavy atom. The Kier molecular flexibility index (Phi) is 5.31. The minimum absolute atomic E-state index is 0.0642. The van der Waals surface area contributed by atoms with Crippen LogP contribution < -0.4 is 10.1 Å². The average molecular weight is 349 g/mol. The molecule has 0 aliphatic carbocycles.